The van der Waals surface area contributed by atoms with Crippen LogP contribution in [0.1, 0.15) is 25.1 Å². The number of aryl methyl sites for hydroxylation is 1. The largest absolute Gasteiger partial charge is 0.322 e. The molecule has 5 nitrogen and oxygen atoms in total. The molecule has 0 aliphatic rings. The van der Waals surface area contributed by atoms with Gasteiger partial charge in [0.05, 0.1) is 12.2 Å². The van der Waals surface area contributed by atoms with Crippen LogP contribution in [0.25, 0.3) is 0 Å². The lowest BCUT2D eigenvalue weighted by Gasteiger charge is -2.25. The lowest BCUT2D eigenvalue weighted by atomic mass is 10.2. The zero-order valence-electron chi connectivity index (χ0n) is 13.3. The molecule has 0 aromatic carbocycles. The molecule has 0 unspecified atom stereocenters. The van der Waals surface area contributed by atoms with Gasteiger partial charge in [-0.1, -0.05) is 19.9 Å². The number of hydrogen-bond acceptors (Lipinski definition) is 3. The third-order valence-corrected chi connectivity index (χ3v) is 3.21. The third-order valence-electron chi connectivity index (χ3n) is 3.21. The molecule has 0 fully saturated rings. The van der Waals surface area contributed by atoms with Crippen molar-refractivity contribution in [2.24, 2.45) is 5.92 Å². The summed E-state index contributed by atoms with van der Waals surface area (Å²) in [6.45, 7) is 7.28. The van der Waals surface area contributed by atoms with E-state index in [4.69, 9.17) is 0 Å². The number of urea groups is 1. The highest BCUT2D eigenvalue weighted by atomic mass is 16.2. The predicted octanol–water partition coefficient (Wildman–Crippen LogP) is 3.48. The second-order valence-corrected chi connectivity index (χ2v) is 5.72. The third kappa shape index (κ3) is 4.55. The topological polar surface area (TPSA) is 58.1 Å². The van der Waals surface area contributed by atoms with Crippen molar-refractivity contribution in [3.63, 3.8) is 0 Å². The second kappa shape index (κ2) is 7.54. The Morgan fingerprint density at radius 3 is 2.73 bits per heavy atom. The Kier molecular flexibility index (Phi) is 5.47. The normalized spacial score (nSPS) is 10.5. The maximum Gasteiger partial charge on any atom is 0.322 e. The number of amides is 2. The molecule has 22 heavy (non-hydrogen) atoms. The van der Waals surface area contributed by atoms with Crippen LogP contribution >= 0.6 is 0 Å². The molecule has 2 rings (SSSR count). The summed E-state index contributed by atoms with van der Waals surface area (Å²) in [6, 6.07) is 7.42. The molecule has 2 heterocycles. The van der Waals surface area contributed by atoms with Crippen molar-refractivity contribution >= 4 is 11.7 Å². The molecule has 0 aliphatic carbocycles. The smallest absolute Gasteiger partial charge is 0.318 e. The summed E-state index contributed by atoms with van der Waals surface area (Å²) in [4.78, 5) is 22.7. The lowest BCUT2D eigenvalue weighted by Crippen LogP contribution is -2.37. The molecule has 0 saturated heterocycles. The number of anilines is 1. The number of aromatic nitrogens is 2. The van der Waals surface area contributed by atoms with Crippen molar-refractivity contribution in [2.45, 2.75) is 27.3 Å². The number of pyridine rings is 2. The van der Waals surface area contributed by atoms with Crippen LogP contribution in [0.4, 0.5) is 10.5 Å². The number of hydrogen-bond donors (Lipinski definition) is 1. The SMILES string of the molecule is Cc1cnccc1NC(=O)N(Cc1ccccn1)CC(C)C. The van der Waals surface area contributed by atoms with Gasteiger partial charge in [-0.15, -0.1) is 0 Å². The minimum atomic E-state index is -0.117. The van der Waals surface area contributed by atoms with E-state index >= 15 is 0 Å². The van der Waals surface area contributed by atoms with Gasteiger partial charge >= 0.3 is 6.03 Å². The first-order valence-corrected chi connectivity index (χ1v) is 7.42. The zero-order chi connectivity index (χ0) is 15.9. The molecule has 1 N–H and O–H groups in total. The number of rotatable bonds is 5. The zero-order valence-corrected chi connectivity index (χ0v) is 13.3. The summed E-state index contributed by atoms with van der Waals surface area (Å²) in [5, 5.41) is 2.96. The summed E-state index contributed by atoms with van der Waals surface area (Å²) >= 11 is 0. The lowest BCUT2D eigenvalue weighted by molar-refractivity contribution is 0.201. The molecule has 2 aromatic heterocycles. The molecule has 2 amide bonds. The van der Waals surface area contributed by atoms with Crippen molar-refractivity contribution in [2.75, 3.05) is 11.9 Å². The number of carbonyl (C=O) groups is 1. The Morgan fingerprint density at radius 2 is 2.09 bits per heavy atom. The fourth-order valence-corrected chi connectivity index (χ4v) is 2.16. The van der Waals surface area contributed by atoms with E-state index in [1.807, 2.05) is 31.2 Å². The van der Waals surface area contributed by atoms with Crippen LogP contribution in [0.3, 0.4) is 0 Å². The van der Waals surface area contributed by atoms with E-state index in [1.165, 1.54) is 0 Å². The molecule has 0 saturated carbocycles. The highest BCUT2D eigenvalue weighted by Gasteiger charge is 2.16. The summed E-state index contributed by atoms with van der Waals surface area (Å²) in [5.74, 6) is 0.382. The highest BCUT2D eigenvalue weighted by molar-refractivity contribution is 5.90. The number of nitrogens with zero attached hydrogens (tertiary/aromatic N) is 3. The van der Waals surface area contributed by atoms with Crippen LogP contribution in [0.15, 0.2) is 42.9 Å². The van der Waals surface area contributed by atoms with Crippen LogP contribution in [0, 0.1) is 12.8 Å². The average molecular weight is 298 g/mol. The Hall–Kier alpha value is -2.43. The van der Waals surface area contributed by atoms with Gasteiger partial charge in [0.15, 0.2) is 0 Å². The summed E-state index contributed by atoms with van der Waals surface area (Å²) in [6.07, 6.45) is 5.16. The first kappa shape index (κ1) is 15.9. The van der Waals surface area contributed by atoms with Gasteiger partial charge in [0.25, 0.3) is 0 Å². The highest BCUT2D eigenvalue weighted by Crippen LogP contribution is 2.14. The average Bonchev–Trinajstić information content (AvgIpc) is 2.49. The Bertz CT molecular complexity index is 613. The van der Waals surface area contributed by atoms with Crippen molar-refractivity contribution in [1.29, 1.82) is 0 Å². The van der Waals surface area contributed by atoms with Crippen LogP contribution in [-0.2, 0) is 6.54 Å². The van der Waals surface area contributed by atoms with Gasteiger partial charge in [0, 0.05) is 30.8 Å². The Balaban J connectivity index is 2.11. The van der Waals surface area contributed by atoms with E-state index in [-0.39, 0.29) is 6.03 Å². The monoisotopic (exact) mass is 298 g/mol. The minimum absolute atomic E-state index is 0.117. The van der Waals surface area contributed by atoms with Gasteiger partial charge in [0.2, 0.25) is 0 Å². The van der Waals surface area contributed by atoms with Crippen molar-refractivity contribution in [1.82, 2.24) is 14.9 Å². The van der Waals surface area contributed by atoms with Crippen molar-refractivity contribution < 1.29 is 4.79 Å². The van der Waals surface area contributed by atoms with E-state index < -0.39 is 0 Å². The fraction of sp³-hybridized carbons (Fsp3) is 0.353. The predicted molar refractivity (Wildman–Crippen MR) is 87.5 cm³/mol. The maximum absolute atomic E-state index is 12.6. The summed E-state index contributed by atoms with van der Waals surface area (Å²) in [7, 11) is 0. The van der Waals surface area contributed by atoms with Crippen LogP contribution in [-0.4, -0.2) is 27.4 Å². The molecular formula is C17H22N4O. The fourth-order valence-electron chi connectivity index (χ4n) is 2.16. The molecule has 0 bridgehead atoms. The summed E-state index contributed by atoms with van der Waals surface area (Å²) in [5.41, 5.74) is 2.61. The number of nitrogens with one attached hydrogen (secondary N) is 1. The van der Waals surface area contributed by atoms with E-state index in [0.717, 1.165) is 16.9 Å². The van der Waals surface area contributed by atoms with Gasteiger partial charge in [-0.25, -0.2) is 4.79 Å². The molecule has 5 heteroatoms. The van der Waals surface area contributed by atoms with Gasteiger partial charge < -0.3 is 10.2 Å². The van der Waals surface area contributed by atoms with Crippen molar-refractivity contribution in [3.8, 4) is 0 Å². The first-order valence-electron chi connectivity index (χ1n) is 7.42. The minimum Gasteiger partial charge on any atom is -0.318 e. The van der Waals surface area contributed by atoms with Crippen LogP contribution < -0.4 is 5.32 Å². The molecule has 2 aromatic rings. The van der Waals surface area contributed by atoms with E-state index in [0.29, 0.717) is 19.0 Å². The molecule has 0 aliphatic heterocycles. The first-order chi connectivity index (χ1) is 10.6. The molecule has 0 spiro atoms. The maximum atomic E-state index is 12.6. The van der Waals surface area contributed by atoms with E-state index in [2.05, 4.69) is 29.1 Å². The van der Waals surface area contributed by atoms with Crippen LogP contribution in [0.2, 0.25) is 0 Å². The van der Waals surface area contributed by atoms with Gasteiger partial charge in [-0.05, 0) is 36.6 Å². The Labute approximate surface area is 131 Å². The molecule has 116 valence electrons. The summed E-state index contributed by atoms with van der Waals surface area (Å²) < 4.78 is 0. The molecule has 0 radical (unpaired) electrons. The van der Waals surface area contributed by atoms with Gasteiger partial charge in [0.1, 0.15) is 0 Å². The molecular weight excluding hydrogens is 276 g/mol. The standard InChI is InChI=1S/C17H22N4O/c1-13(2)11-21(12-15-6-4-5-8-19-15)17(22)20-16-7-9-18-10-14(16)3/h4-10,13H,11-12H2,1-3H3,(H,18,20,22). The van der Waals surface area contributed by atoms with Gasteiger partial charge in [-0.2, -0.15) is 0 Å². The number of carbonyl (C=O) groups excluding carboxylic acids is 1. The molecule has 0 atom stereocenters. The van der Waals surface area contributed by atoms with E-state index in [9.17, 15) is 4.79 Å². The van der Waals surface area contributed by atoms with Crippen LogP contribution in [0.5, 0.6) is 0 Å². The quantitative estimate of drug-likeness (QED) is 0.919. The Morgan fingerprint density at radius 1 is 1.27 bits per heavy atom. The van der Waals surface area contributed by atoms with Crippen molar-refractivity contribution in [3.05, 3.63) is 54.1 Å². The second-order valence-electron chi connectivity index (χ2n) is 5.72. The van der Waals surface area contributed by atoms with Gasteiger partial charge in [-0.3, -0.25) is 9.97 Å². The van der Waals surface area contributed by atoms with E-state index in [1.54, 1.807) is 23.5 Å².